The lowest BCUT2D eigenvalue weighted by atomic mass is 10.1. The molecule has 0 saturated carbocycles. The number of carbonyl (C=O) groups is 3. The Bertz CT molecular complexity index is 372. The molecule has 2 amide bonds. The number of nitrogens with one attached hydrogen (secondary N) is 1. The summed E-state index contributed by atoms with van der Waals surface area (Å²) in [4.78, 5) is 34.8. The van der Waals surface area contributed by atoms with Gasteiger partial charge >= 0.3 is 5.97 Å². The highest BCUT2D eigenvalue weighted by Gasteiger charge is 2.38. The van der Waals surface area contributed by atoms with Gasteiger partial charge in [-0.3, -0.25) is 9.59 Å². The second kappa shape index (κ2) is 7.84. The quantitative estimate of drug-likeness (QED) is 0.558. The van der Waals surface area contributed by atoms with Crippen molar-refractivity contribution >= 4 is 17.8 Å². The van der Waals surface area contributed by atoms with E-state index in [2.05, 4.69) is 5.32 Å². The van der Waals surface area contributed by atoms with E-state index in [1.165, 1.54) is 11.8 Å². The van der Waals surface area contributed by atoms with Crippen molar-refractivity contribution in [2.24, 2.45) is 0 Å². The number of aliphatic hydroxyl groups is 1. The number of rotatable bonds is 7. The Kier molecular flexibility index (Phi) is 6.44. The highest BCUT2D eigenvalue weighted by Crippen LogP contribution is 2.19. The van der Waals surface area contributed by atoms with Crippen molar-refractivity contribution < 1.29 is 24.6 Å². The number of carbonyl (C=O) groups excluding carboxylic acids is 2. The molecule has 1 aliphatic heterocycles. The van der Waals surface area contributed by atoms with Crippen LogP contribution >= 0.6 is 0 Å². The minimum atomic E-state index is -1.07. The van der Waals surface area contributed by atoms with Gasteiger partial charge < -0.3 is 20.4 Å². The molecule has 0 bridgehead atoms. The van der Waals surface area contributed by atoms with Gasteiger partial charge in [0.25, 0.3) is 0 Å². The average Bonchev–Trinajstić information content (AvgIpc) is 2.75. The average molecular weight is 286 g/mol. The van der Waals surface area contributed by atoms with E-state index in [1.54, 1.807) is 0 Å². The number of hydrogen-bond acceptors (Lipinski definition) is 4. The van der Waals surface area contributed by atoms with Crippen molar-refractivity contribution in [1.29, 1.82) is 0 Å². The van der Waals surface area contributed by atoms with Gasteiger partial charge in [-0.25, -0.2) is 4.79 Å². The zero-order valence-corrected chi connectivity index (χ0v) is 11.7. The predicted molar refractivity (Wildman–Crippen MR) is 70.9 cm³/mol. The molecule has 1 aliphatic rings. The van der Waals surface area contributed by atoms with Crippen LogP contribution in [0, 0.1) is 0 Å². The molecular formula is C13H22N2O5. The topological polar surface area (TPSA) is 107 Å². The smallest absolute Gasteiger partial charge is 0.326 e. The summed E-state index contributed by atoms with van der Waals surface area (Å²) >= 11 is 0. The summed E-state index contributed by atoms with van der Waals surface area (Å²) in [5.41, 5.74) is 0. The monoisotopic (exact) mass is 286 g/mol. The highest BCUT2D eigenvalue weighted by atomic mass is 16.4. The lowest BCUT2D eigenvalue weighted by molar-refractivity contribution is -0.148. The first-order valence-corrected chi connectivity index (χ1v) is 6.86. The Hall–Kier alpha value is -1.63. The normalized spacial score (nSPS) is 21.8. The molecule has 0 spiro atoms. The third-order valence-electron chi connectivity index (χ3n) is 3.33. The fourth-order valence-electron chi connectivity index (χ4n) is 2.31. The Morgan fingerprint density at radius 2 is 1.95 bits per heavy atom. The molecule has 1 heterocycles. The first-order chi connectivity index (χ1) is 9.41. The molecule has 1 fully saturated rings. The van der Waals surface area contributed by atoms with Crippen LogP contribution in [0.15, 0.2) is 0 Å². The molecule has 0 aromatic carbocycles. The predicted octanol–water partition coefficient (Wildman–Crippen LogP) is -0.271. The van der Waals surface area contributed by atoms with Crippen molar-refractivity contribution in [2.45, 2.75) is 51.2 Å². The molecule has 1 saturated heterocycles. The second-order valence-corrected chi connectivity index (χ2v) is 5.08. The number of aliphatic carboxylic acids is 1. The summed E-state index contributed by atoms with van der Waals surface area (Å²) in [7, 11) is 0. The van der Waals surface area contributed by atoms with Crippen molar-refractivity contribution in [2.75, 3.05) is 13.1 Å². The van der Waals surface area contributed by atoms with Gasteiger partial charge in [-0.15, -0.1) is 0 Å². The van der Waals surface area contributed by atoms with Gasteiger partial charge in [0.05, 0.1) is 6.10 Å². The molecule has 2 atom stereocenters. The molecular weight excluding hydrogens is 264 g/mol. The maximum absolute atomic E-state index is 11.9. The lowest BCUT2D eigenvalue weighted by Crippen LogP contribution is -2.40. The Morgan fingerprint density at radius 3 is 2.55 bits per heavy atom. The Balaban J connectivity index is 2.25. The van der Waals surface area contributed by atoms with E-state index in [-0.39, 0.29) is 31.2 Å². The zero-order valence-electron chi connectivity index (χ0n) is 11.7. The number of unbranched alkanes of at least 4 members (excludes halogenated alkanes) is 2. The standard InChI is InChI=1S/C13H22N2O5/c1-9(16)14-6-4-2-3-5-12(18)15-8-10(17)7-11(15)13(19)20/h10-11,17H,2-8H2,1H3,(H,14,16)(H,19,20)/t10-,11-/m1/s1. The molecule has 20 heavy (non-hydrogen) atoms. The van der Waals surface area contributed by atoms with E-state index in [0.717, 1.165) is 12.8 Å². The second-order valence-electron chi connectivity index (χ2n) is 5.08. The number of hydrogen-bond donors (Lipinski definition) is 3. The summed E-state index contributed by atoms with van der Waals surface area (Å²) in [5.74, 6) is -1.37. The van der Waals surface area contributed by atoms with Crippen LogP contribution in [-0.4, -0.2) is 58.1 Å². The third kappa shape index (κ3) is 5.16. The van der Waals surface area contributed by atoms with Gasteiger partial charge in [-0.1, -0.05) is 6.42 Å². The van der Waals surface area contributed by atoms with Crippen LogP contribution in [0.1, 0.15) is 39.0 Å². The molecule has 0 aliphatic carbocycles. The molecule has 3 N–H and O–H groups in total. The number of aliphatic hydroxyl groups excluding tert-OH is 1. The molecule has 7 nitrogen and oxygen atoms in total. The fourth-order valence-corrected chi connectivity index (χ4v) is 2.31. The Labute approximate surface area is 117 Å². The first kappa shape index (κ1) is 16.4. The van der Waals surface area contributed by atoms with Crippen LogP contribution in [0.25, 0.3) is 0 Å². The molecule has 1 rings (SSSR count). The summed E-state index contributed by atoms with van der Waals surface area (Å²) in [6, 6.07) is -0.906. The minimum absolute atomic E-state index is 0.0727. The molecule has 0 unspecified atom stereocenters. The van der Waals surface area contributed by atoms with Crippen LogP contribution in [-0.2, 0) is 14.4 Å². The van der Waals surface area contributed by atoms with E-state index in [1.807, 2.05) is 0 Å². The van der Waals surface area contributed by atoms with Crippen LogP contribution in [0.4, 0.5) is 0 Å². The van der Waals surface area contributed by atoms with Gasteiger partial charge in [0.15, 0.2) is 0 Å². The lowest BCUT2D eigenvalue weighted by Gasteiger charge is -2.21. The number of β-amino-alcohol motifs (C(OH)–C–C–N with tert-alkyl or cyclic N) is 1. The van der Waals surface area contributed by atoms with Gasteiger partial charge in [-0.05, 0) is 12.8 Å². The van der Waals surface area contributed by atoms with E-state index in [9.17, 15) is 19.5 Å². The van der Waals surface area contributed by atoms with Crippen LogP contribution < -0.4 is 5.32 Å². The van der Waals surface area contributed by atoms with E-state index >= 15 is 0 Å². The highest BCUT2D eigenvalue weighted by molar-refractivity contribution is 5.84. The van der Waals surface area contributed by atoms with Crippen molar-refractivity contribution in [3.05, 3.63) is 0 Å². The number of nitrogens with zero attached hydrogens (tertiary/aromatic N) is 1. The molecule has 0 aromatic heterocycles. The molecule has 114 valence electrons. The van der Waals surface area contributed by atoms with Crippen LogP contribution in [0.5, 0.6) is 0 Å². The zero-order chi connectivity index (χ0) is 15.1. The Morgan fingerprint density at radius 1 is 1.25 bits per heavy atom. The number of carboxylic acid groups (broad SMARTS) is 1. The SMILES string of the molecule is CC(=O)NCCCCCC(=O)N1C[C@H](O)C[C@@H]1C(=O)O. The number of likely N-dealkylation sites (tertiary alicyclic amines) is 1. The van der Waals surface area contributed by atoms with Crippen molar-refractivity contribution in [3.63, 3.8) is 0 Å². The van der Waals surface area contributed by atoms with E-state index < -0.39 is 18.1 Å². The van der Waals surface area contributed by atoms with Gasteiger partial charge in [-0.2, -0.15) is 0 Å². The molecule has 7 heteroatoms. The van der Waals surface area contributed by atoms with E-state index in [4.69, 9.17) is 5.11 Å². The summed E-state index contributed by atoms with van der Waals surface area (Å²) in [6.07, 6.45) is 1.86. The summed E-state index contributed by atoms with van der Waals surface area (Å²) in [5, 5.41) is 21.1. The maximum Gasteiger partial charge on any atom is 0.326 e. The van der Waals surface area contributed by atoms with Gasteiger partial charge in [0.1, 0.15) is 6.04 Å². The largest absolute Gasteiger partial charge is 0.480 e. The number of carboxylic acids is 1. The third-order valence-corrected chi connectivity index (χ3v) is 3.33. The molecule has 0 radical (unpaired) electrons. The number of amides is 2. The van der Waals surface area contributed by atoms with E-state index in [0.29, 0.717) is 13.0 Å². The fraction of sp³-hybridized carbons (Fsp3) is 0.769. The maximum atomic E-state index is 11.9. The minimum Gasteiger partial charge on any atom is -0.480 e. The van der Waals surface area contributed by atoms with Gasteiger partial charge in [0.2, 0.25) is 11.8 Å². The van der Waals surface area contributed by atoms with Crippen LogP contribution in [0.3, 0.4) is 0 Å². The van der Waals surface area contributed by atoms with Crippen LogP contribution in [0.2, 0.25) is 0 Å². The molecule has 0 aromatic rings. The van der Waals surface area contributed by atoms with Gasteiger partial charge in [0, 0.05) is 32.9 Å². The summed E-state index contributed by atoms with van der Waals surface area (Å²) < 4.78 is 0. The first-order valence-electron chi connectivity index (χ1n) is 6.86. The van der Waals surface area contributed by atoms with Crippen molar-refractivity contribution in [3.8, 4) is 0 Å². The van der Waals surface area contributed by atoms with Crippen molar-refractivity contribution in [1.82, 2.24) is 10.2 Å². The summed E-state index contributed by atoms with van der Waals surface area (Å²) in [6.45, 7) is 2.14.